The Bertz CT molecular complexity index is 1420. The second-order valence-electron chi connectivity index (χ2n) is 13.8. The molecule has 0 saturated heterocycles. The minimum Gasteiger partial charge on any atom is -0.443 e. The molecule has 2 saturated carbocycles. The van der Waals surface area contributed by atoms with Crippen LogP contribution in [0.25, 0.3) is 22.2 Å². The van der Waals surface area contributed by atoms with Gasteiger partial charge in [-0.3, -0.25) is 9.67 Å². The highest BCUT2D eigenvalue weighted by atomic mass is 19.1. The van der Waals surface area contributed by atoms with Gasteiger partial charge in [-0.2, -0.15) is 5.10 Å². The summed E-state index contributed by atoms with van der Waals surface area (Å²) in [5, 5.41) is 5.79. The summed E-state index contributed by atoms with van der Waals surface area (Å²) >= 11 is 0. The van der Waals surface area contributed by atoms with E-state index in [-0.39, 0.29) is 30.4 Å². The third-order valence-electron chi connectivity index (χ3n) is 7.49. The van der Waals surface area contributed by atoms with Gasteiger partial charge >= 0.3 is 12.2 Å². The summed E-state index contributed by atoms with van der Waals surface area (Å²) in [5.74, 6) is 0.142. The number of nitrogens with zero attached hydrogens (tertiary/aromatic N) is 5. The smallest absolute Gasteiger partial charge is 0.419 e. The van der Waals surface area contributed by atoms with Gasteiger partial charge < -0.3 is 14.0 Å². The molecule has 222 valence electrons. The van der Waals surface area contributed by atoms with Gasteiger partial charge in [-0.05, 0) is 93.1 Å². The van der Waals surface area contributed by atoms with E-state index in [0.29, 0.717) is 11.4 Å². The minimum atomic E-state index is -0.736. The third-order valence-corrected chi connectivity index (χ3v) is 7.49. The third kappa shape index (κ3) is 6.26. The van der Waals surface area contributed by atoms with Crippen LogP contribution in [-0.4, -0.2) is 54.2 Å². The second-order valence-corrected chi connectivity index (χ2v) is 13.8. The maximum atomic E-state index is 14.9. The maximum absolute atomic E-state index is 14.9. The number of rotatable bonds is 6. The van der Waals surface area contributed by atoms with E-state index in [0.717, 1.165) is 52.9 Å². The van der Waals surface area contributed by atoms with Crippen molar-refractivity contribution in [2.75, 3.05) is 6.54 Å². The monoisotopic (exact) mass is 567 g/mol. The number of aromatic nitrogens is 4. The Kier molecular flexibility index (Phi) is 7.40. The van der Waals surface area contributed by atoms with E-state index in [4.69, 9.17) is 14.6 Å². The molecule has 9 nitrogen and oxygen atoms in total. The molecule has 2 fully saturated rings. The predicted octanol–water partition coefficient (Wildman–Crippen LogP) is 7.62. The Morgan fingerprint density at radius 2 is 1.68 bits per heavy atom. The summed E-state index contributed by atoms with van der Waals surface area (Å²) in [4.78, 5) is 31.5. The van der Waals surface area contributed by atoms with Gasteiger partial charge in [0.2, 0.25) is 0 Å². The summed E-state index contributed by atoms with van der Waals surface area (Å²) in [5.41, 5.74) is 1.81. The average molecular weight is 568 g/mol. The zero-order valence-electron chi connectivity index (χ0n) is 25.4. The van der Waals surface area contributed by atoms with Crippen molar-refractivity contribution in [1.82, 2.24) is 24.2 Å². The summed E-state index contributed by atoms with van der Waals surface area (Å²) in [6.07, 6.45) is 7.53. The van der Waals surface area contributed by atoms with Gasteiger partial charge in [0.05, 0.1) is 29.1 Å². The molecule has 10 heteroatoms. The zero-order valence-corrected chi connectivity index (χ0v) is 25.4. The lowest BCUT2D eigenvalue weighted by atomic mass is 9.80. The van der Waals surface area contributed by atoms with Crippen molar-refractivity contribution in [2.24, 2.45) is 5.92 Å². The SMILES string of the molecule is CC(C)n1ccc2c(-c3cn(C4CC(CN(C(=O)OC(C)(C)C)C(=O)OC(C)(C)C)C4)nc3C3CC3)ncc(F)c21. The average Bonchev–Trinajstić information content (AvgIpc) is 3.39. The molecule has 3 aromatic heterocycles. The first-order chi connectivity index (χ1) is 19.1. The molecule has 41 heavy (non-hydrogen) atoms. The fourth-order valence-electron chi connectivity index (χ4n) is 5.40. The fourth-order valence-corrected chi connectivity index (χ4v) is 5.40. The number of ether oxygens (including phenoxy) is 2. The molecule has 0 aliphatic heterocycles. The predicted molar refractivity (Wildman–Crippen MR) is 154 cm³/mol. The first-order valence-corrected chi connectivity index (χ1v) is 14.6. The van der Waals surface area contributed by atoms with Gasteiger partial charge in [-0.15, -0.1) is 0 Å². The number of imide groups is 1. The van der Waals surface area contributed by atoms with Gasteiger partial charge in [0, 0.05) is 41.8 Å². The van der Waals surface area contributed by atoms with E-state index in [1.807, 2.05) is 41.6 Å². The van der Waals surface area contributed by atoms with E-state index < -0.39 is 23.4 Å². The van der Waals surface area contributed by atoms with Crippen molar-refractivity contribution >= 4 is 23.1 Å². The van der Waals surface area contributed by atoms with Gasteiger partial charge in [-0.1, -0.05) is 0 Å². The van der Waals surface area contributed by atoms with E-state index in [1.54, 1.807) is 41.5 Å². The van der Waals surface area contributed by atoms with Crippen molar-refractivity contribution in [3.8, 4) is 11.3 Å². The van der Waals surface area contributed by atoms with E-state index in [2.05, 4.69) is 4.98 Å². The molecule has 2 amide bonds. The summed E-state index contributed by atoms with van der Waals surface area (Å²) < 4.78 is 29.8. The molecule has 0 unspecified atom stereocenters. The quantitative estimate of drug-likeness (QED) is 0.304. The lowest BCUT2D eigenvalue weighted by molar-refractivity contribution is -0.00641. The number of halogens is 1. The van der Waals surface area contributed by atoms with Crippen molar-refractivity contribution in [3.63, 3.8) is 0 Å². The molecular formula is C31H42FN5O4. The molecule has 0 spiro atoms. The van der Waals surface area contributed by atoms with Crippen LogP contribution in [0.5, 0.6) is 0 Å². The van der Waals surface area contributed by atoms with E-state index in [9.17, 15) is 14.0 Å². The molecule has 5 rings (SSSR count). The molecule has 0 atom stereocenters. The summed E-state index contributed by atoms with van der Waals surface area (Å²) in [6, 6.07) is 2.19. The van der Waals surface area contributed by atoms with Gasteiger partial charge in [0.15, 0.2) is 5.82 Å². The van der Waals surface area contributed by atoms with Crippen LogP contribution in [0.1, 0.15) is 105 Å². The Hall–Kier alpha value is -3.43. The van der Waals surface area contributed by atoms with Gasteiger partial charge in [-0.25, -0.2) is 18.9 Å². The molecule has 3 aromatic rings. The normalized spacial score (nSPS) is 19.4. The zero-order chi connectivity index (χ0) is 29.9. The van der Waals surface area contributed by atoms with E-state index in [1.165, 1.54) is 6.20 Å². The lowest BCUT2D eigenvalue weighted by Crippen LogP contribution is -2.47. The molecule has 2 aliphatic rings. The Labute approximate surface area is 241 Å². The van der Waals surface area contributed by atoms with Crippen LogP contribution in [0.4, 0.5) is 14.0 Å². The Balaban J connectivity index is 1.36. The highest BCUT2D eigenvalue weighted by molar-refractivity contribution is 5.94. The largest absolute Gasteiger partial charge is 0.443 e. The molecule has 2 aliphatic carbocycles. The molecule has 0 bridgehead atoms. The van der Waals surface area contributed by atoms with Crippen LogP contribution in [0.2, 0.25) is 0 Å². The Morgan fingerprint density at radius 3 is 2.22 bits per heavy atom. The fraction of sp³-hybridized carbons (Fsp3) is 0.613. The molecular weight excluding hydrogens is 525 g/mol. The van der Waals surface area contributed by atoms with E-state index >= 15 is 0 Å². The van der Waals surface area contributed by atoms with Crippen LogP contribution < -0.4 is 0 Å². The molecule has 0 radical (unpaired) electrons. The van der Waals surface area contributed by atoms with Gasteiger partial charge in [0.1, 0.15) is 11.2 Å². The first kappa shape index (κ1) is 29.1. The highest BCUT2D eigenvalue weighted by Crippen LogP contribution is 2.47. The number of amides is 2. The summed E-state index contributed by atoms with van der Waals surface area (Å²) in [6.45, 7) is 14.9. The molecule has 0 N–H and O–H groups in total. The topological polar surface area (TPSA) is 91.5 Å². The summed E-state index contributed by atoms with van der Waals surface area (Å²) in [7, 11) is 0. The van der Waals surface area contributed by atoms with Gasteiger partial charge in [0.25, 0.3) is 0 Å². The number of carbonyl (C=O) groups excluding carboxylic acids is 2. The molecule has 0 aromatic carbocycles. The second kappa shape index (κ2) is 10.4. The van der Waals surface area contributed by atoms with Crippen LogP contribution in [-0.2, 0) is 9.47 Å². The number of carbonyl (C=O) groups is 2. The van der Waals surface area contributed by atoms with Crippen molar-refractivity contribution in [1.29, 1.82) is 0 Å². The number of fused-ring (bicyclic) bond motifs is 1. The standard InChI is InChI=1S/C31H42FN5O4/c1-18(2)35-12-11-22-26(33-15-24(32)27(22)35)23-17-37(34-25(23)20-9-10-20)21-13-19(14-21)16-36(28(38)40-30(3,4)5)29(39)41-31(6,7)8/h11-12,15,17-21H,9-10,13-14,16H2,1-8H3. The Morgan fingerprint density at radius 1 is 1.07 bits per heavy atom. The first-order valence-electron chi connectivity index (χ1n) is 14.6. The van der Waals surface area contributed by atoms with Crippen molar-refractivity contribution < 1.29 is 23.5 Å². The van der Waals surface area contributed by atoms with Crippen LogP contribution >= 0.6 is 0 Å². The van der Waals surface area contributed by atoms with Crippen LogP contribution in [0.3, 0.4) is 0 Å². The van der Waals surface area contributed by atoms with Crippen LogP contribution in [0.15, 0.2) is 24.7 Å². The molecule has 3 heterocycles. The van der Waals surface area contributed by atoms with Crippen molar-refractivity contribution in [2.45, 2.75) is 110 Å². The van der Waals surface area contributed by atoms with Crippen molar-refractivity contribution in [3.05, 3.63) is 36.2 Å². The number of pyridine rings is 1. The lowest BCUT2D eigenvalue weighted by Gasteiger charge is -2.38. The highest BCUT2D eigenvalue weighted by Gasteiger charge is 2.40. The van der Waals surface area contributed by atoms with Crippen LogP contribution in [0, 0.1) is 11.7 Å². The minimum absolute atomic E-state index is 0.0905. The number of hydrogen-bond acceptors (Lipinski definition) is 6. The number of hydrogen-bond donors (Lipinski definition) is 0. The maximum Gasteiger partial charge on any atom is 0.419 e.